The summed E-state index contributed by atoms with van der Waals surface area (Å²) in [6.45, 7) is 3.52. The average molecular weight is 311 g/mol. The van der Waals surface area contributed by atoms with Crippen molar-refractivity contribution in [3.63, 3.8) is 0 Å². The Labute approximate surface area is 126 Å². The maximum atomic E-state index is 12.1. The molecule has 20 heavy (non-hydrogen) atoms. The highest BCUT2D eigenvalue weighted by atomic mass is 35.5. The second-order valence-electron chi connectivity index (χ2n) is 4.38. The summed E-state index contributed by atoms with van der Waals surface area (Å²) in [5, 5.41) is 12.7. The maximum absolute atomic E-state index is 12.1. The number of aromatic nitrogens is 1. The van der Waals surface area contributed by atoms with Gasteiger partial charge < -0.3 is 10.4 Å². The van der Waals surface area contributed by atoms with Crippen LogP contribution < -0.4 is 5.32 Å². The van der Waals surface area contributed by atoms with Gasteiger partial charge in [0.25, 0.3) is 5.91 Å². The van der Waals surface area contributed by atoms with Crippen molar-refractivity contribution in [2.45, 2.75) is 13.8 Å². The van der Waals surface area contributed by atoms with E-state index in [0.29, 0.717) is 22.4 Å². The fraction of sp³-hybridized carbons (Fsp3) is 0.143. The molecule has 0 radical (unpaired) electrons. The van der Waals surface area contributed by atoms with Gasteiger partial charge in [0.15, 0.2) is 5.15 Å². The maximum Gasteiger partial charge on any atom is 0.255 e. The zero-order valence-electron chi connectivity index (χ0n) is 10.9. The molecule has 1 aromatic carbocycles. The number of hydrogen-bond donors (Lipinski definition) is 2. The van der Waals surface area contributed by atoms with Crippen LogP contribution in [0.5, 0.6) is 5.75 Å². The fourth-order valence-electron chi connectivity index (χ4n) is 1.68. The molecule has 0 saturated carbocycles. The number of anilines is 1. The number of halogens is 2. The lowest BCUT2D eigenvalue weighted by atomic mass is 10.1. The molecule has 2 N–H and O–H groups in total. The molecule has 0 spiro atoms. The molecule has 0 aliphatic heterocycles. The van der Waals surface area contributed by atoms with Crippen molar-refractivity contribution in [2.75, 3.05) is 5.32 Å². The zero-order chi connectivity index (χ0) is 14.9. The van der Waals surface area contributed by atoms with Crippen LogP contribution in [0.3, 0.4) is 0 Å². The van der Waals surface area contributed by atoms with Gasteiger partial charge >= 0.3 is 0 Å². The van der Waals surface area contributed by atoms with Gasteiger partial charge in [-0.05, 0) is 43.2 Å². The minimum atomic E-state index is -0.380. The third kappa shape index (κ3) is 3.03. The molecule has 1 heterocycles. The number of phenolic OH excluding ortho intramolecular Hbond substituents is 1. The predicted octanol–water partition coefficient (Wildman–Crippen LogP) is 3.96. The minimum absolute atomic E-state index is 0.0645. The normalized spacial score (nSPS) is 10.4. The van der Waals surface area contributed by atoms with Gasteiger partial charge in [0.2, 0.25) is 0 Å². The van der Waals surface area contributed by atoms with Crippen molar-refractivity contribution in [3.05, 3.63) is 51.3 Å². The van der Waals surface area contributed by atoms with Crippen LogP contribution in [0.4, 0.5) is 5.69 Å². The second kappa shape index (κ2) is 5.69. The van der Waals surface area contributed by atoms with Crippen LogP contribution >= 0.6 is 23.2 Å². The monoisotopic (exact) mass is 310 g/mol. The van der Waals surface area contributed by atoms with Crippen LogP contribution in [0.1, 0.15) is 21.5 Å². The van der Waals surface area contributed by atoms with Crippen molar-refractivity contribution in [1.29, 1.82) is 0 Å². The molecule has 0 bridgehead atoms. The molecule has 0 atom stereocenters. The first-order chi connectivity index (χ1) is 9.38. The van der Waals surface area contributed by atoms with Gasteiger partial charge in [0, 0.05) is 5.56 Å². The number of rotatable bonds is 2. The second-order valence-corrected chi connectivity index (χ2v) is 5.13. The molecule has 0 saturated heterocycles. The van der Waals surface area contributed by atoms with Crippen LogP contribution in [-0.4, -0.2) is 16.0 Å². The molecule has 6 heteroatoms. The van der Waals surface area contributed by atoms with E-state index in [2.05, 4.69) is 10.3 Å². The number of benzene rings is 1. The summed E-state index contributed by atoms with van der Waals surface area (Å²) in [5.41, 5.74) is 2.14. The smallest absolute Gasteiger partial charge is 0.255 e. The molecular weight excluding hydrogens is 299 g/mol. The third-order valence-electron chi connectivity index (χ3n) is 2.85. The standard InChI is InChI=1S/C14H12Cl2N2O2/c1-7-3-4-9(6-10(7)19)14(20)18-12-8(2)5-11(15)17-13(12)16/h3-6,19H,1-2H3,(H,18,20). The number of aryl methyl sites for hydroxylation is 2. The highest BCUT2D eigenvalue weighted by Gasteiger charge is 2.13. The molecule has 0 aliphatic rings. The number of hydrogen-bond acceptors (Lipinski definition) is 3. The third-order valence-corrected chi connectivity index (χ3v) is 3.32. The lowest BCUT2D eigenvalue weighted by Crippen LogP contribution is -2.13. The van der Waals surface area contributed by atoms with Crippen LogP contribution in [0.25, 0.3) is 0 Å². The Hall–Kier alpha value is -1.78. The van der Waals surface area contributed by atoms with Crippen LogP contribution in [0, 0.1) is 13.8 Å². The lowest BCUT2D eigenvalue weighted by Gasteiger charge is -2.10. The molecule has 1 aromatic heterocycles. The molecule has 4 nitrogen and oxygen atoms in total. The van der Waals surface area contributed by atoms with Crippen molar-refractivity contribution in [2.24, 2.45) is 0 Å². The minimum Gasteiger partial charge on any atom is -0.508 e. The highest BCUT2D eigenvalue weighted by molar-refractivity contribution is 6.35. The van der Waals surface area contributed by atoms with Gasteiger partial charge in [0.05, 0.1) is 5.69 Å². The quantitative estimate of drug-likeness (QED) is 0.825. The number of nitrogens with one attached hydrogen (secondary N) is 1. The number of aromatic hydroxyl groups is 1. The Morgan fingerprint density at radius 1 is 1.20 bits per heavy atom. The first-order valence-corrected chi connectivity index (χ1v) is 6.57. The highest BCUT2D eigenvalue weighted by Crippen LogP contribution is 2.27. The SMILES string of the molecule is Cc1ccc(C(=O)Nc2c(C)cc(Cl)nc2Cl)cc1O. The summed E-state index contributed by atoms with van der Waals surface area (Å²) < 4.78 is 0. The van der Waals surface area contributed by atoms with E-state index in [4.69, 9.17) is 23.2 Å². The topological polar surface area (TPSA) is 62.2 Å². The summed E-state index contributed by atoms with van der Waals surface area (Å²) in [4.78, 5) is 16.0. The van der Waals surface area contributed by atoms with E-state index in [1.165, 1.54) is 6.07 Å². The van der Waals surface area contributed by atoms with Crippen molar-refractivity contribution < 1.29 is 9.90 Å². The number of phenols is 1. The molecule has 0 fully saturated rings. The van der Waals surface area contributed by atoms with Crippen molar-refractivity contribution >= 4 is 34.8 Å². The van der Waals surface area contributed by atoms with Crippen molar-refractivity contribution in [1.82, 2.24) is 4.98 Å². The van der Waals surface area contributed by atoms with E-state index < -0.39 is 0 Å². The van der Waals surface area contributed by atoms with E-state index in [9.17, 15) is 9.90 Å². The molecule has 0 aliphatic carbocycles. The average Bonchev–Trinajstić information content (AvgIpc) is 2.36. The van der Waals surface area contributed by atoms with Gasteiger partial charge in [-0.15, -0.1) is 0 Å². The van der Waals surface area contributed by atoms with E-state index in [0.717, 1.165) is 0 Å². The van der Waals surface area contributed by atoms with Crippen LogP contribution in [0.15, 0.2) is 24.3 Å². The van der Waals surface area contributed by atoms with Crippen LogP contribution in [-0.2, 0) is 0 Å². The van der Waals surface area contributed by atoms with Gasteiger partial charge in [0.1, 0.15) is 10.9 Å². The first-order valence-electron chi connectivity index (χ1n) is 5.82. The summed E-state index contributed by atoms with van der Waals surface area (Å²) in [7, 11) is 0. The van der Waals surface area contributed by atoms with Crippen molar-refractivity contribution in [3.8, 4) is 5.75 Å². The number of amides is 1. The molecule has 2 aromatic rings. The van der Waals surface area contributed by atoms with E-state index >= 15 is 0 Å². The van der Waals surface area contributed by atoms with Crippen LogP contribution in [0.2, 0.25) is 10.3 Å². The van der Waals surface area contributed by atoms with E-state index in [1.807, 2.05) is 0 Å². The Balaban J connectivity index is 2.30. The Kier molecular flexibility index (Phi) is 4.16. The Morgan fingerprint density at radius 3 is 2.50 bits per heavy atom. The lowest BCUT2D eigenvalue weighted by molar-refractivity contribution is 0.102. The molecule has 2 rings (SSSR count). The summed E-state index contributed by atoms with van der Waals surface area (Å²) in [5.74, 6) is -0.316. The number of carbonyl (C=O) groups is 1. The fourth-order valence-corrected chi connectivity index (χ4v) is 2.26. The molecule has 104 valence electrons. The number of pyridine rings is 1. The summed E-state index contributed by atoms with van der Waals surface area (Å²) in [6.07, 6.45) is 0. The van der Waals surface area contributed by atoms with Gasteiger partial charge in [-0.3, -0.25) is 4.79 Å². The summed E-state index contributed by atoms with van der Waals surface area (Å²) >= 11 is 11.7. The molecule has 1 amide bonds. The molecular formula is C14H12Cl2N2O2. The number of nitrogens with zero attached hydrogens (tertiary/aromatic N) is 1. The van der Waals surface area contributed by atoms with E-state index in [1.54, 1.807) is 32.0 Å². The Bertz CT molecular complexity index is 664. The Morgan fingerprint density at radius 2 is 1.90 bits per heavy atom. The first kappa shape index (κ1) is 14.6. The largest absolute Gasteiger partial charge is 0.508 e. The van der Waals surface area contributed by atoms with Gasteiger partial charge in [-0.25, -0.2) is 4.98 Å². The zero-order valence-corrected chi connectivity index (χ0v) is 12.4. The van der Waals surface area contributed by atoms with Gasteiger partial charge in [-0.1, -0.05) is 29.3 Å². The molecule has 0 unspecified atom stereocenters. The summed E-state index contributed by atoms with van der Waals surface area (Å²) in [6, 6.07) is 6.29. The van der Waals surface area contributed by atoms with E-state index in [-0.39, 0.29) is 22.0 Å². The number of carbonyl (C=O) groups excluding carboxylic acids is 1. The van der Waals surface area contributed by atoms with Gasteiger partial charge in [-0.2, -0.15) is 0 Å². The predicted molar refractivity (Wildman–Crippen MR) is 79.8 cm³/mol.